The third-order valence-electron chi connectivity index (χ3n) is 4.38. The number of carbonyl (C=O) groups excluding carboxylic acids is 2. The van der Waals surface area contributed by atoms with Gasteiger partial charge >= 0.3 is 0 Å². The molecule has 2 amide bonds. The van der Waals surface area contributed by atoms with Crippen LogP contribution in [-0.2, 0) is 9.59 Å². The monoisotopic (exact) mass is 357 g/mol. The first-order chi connectivity index (χ1) is 12.5. The van der Waals surface area contributed by atoms with Crippen LogP contribution in [0.4, 0.5) is 11.6 Å². The van der Waals surface area contributed by atoms with Crippen LogP contribution < -0.4 is 10.6 Å². The van der Waals surface area contributed by atoms with E-state index in [1.54, 1.807) is 0 Å². The predicted octanol–water partition coefficient (Wildman–Crippen LogP) is 1.25. The van der Waals surface area contributed by atoms with Crippen molar-refractivity contribution in [2.24, 2.45) is 0 Å². The van der Waals surface area contributed by atoms with E-state index >= 15 is 0 Å². The first kappa shape index (κ1) is 18.0. The fraction of sp³-hybridized carbons (Fsp3) is 0.471. The van der Waals surface area contributed by atoms with E-state index < -0.39 is 0 Å². The molecule has 138 valence electrons. The number of hydrogen-bond acceptors (Lipinski definition) is 6. The first-order valence-corrected chi connectivity index (χ1v) is 8.66. The summed E-state index contributed by atoms with van der Waals surface area (Å²) >= 11 is 0. The maximum Gasteiger partial charge on any atom is 0.269 e. The van der Waals surface area contributed by atoms with Gasteiger partial charge in [0, 0.05) is 24.7 Å². The second kappa shape index (κ2) is 8.05. The number of anilines is 2. The molecule has 1 fully saturated rings. The van der Waals surface area contributed by atoms with E-state index in [1.807, 2.05) is 32.0 Å². The van der Waals surface area contributed by atoms with Gasteiger partial charge in [-0.05, 0) is 43.0 Å². The molecule has 0 bridgehead atoms. The average molecular weight is 357 g/mol. The van der Waals surface area contributed by atoms with Crippen LogP contribution >= 0.6 is 0 Å². The summed E-state index contributed by atoms with van der Waals surface area (Å²) in [6, 6.07) is 6.29. The van der Waals surface area contributed by atoms with E-state index in [0.717, 1.165) is 29.7 Å². The maximum absolute atomic E-state index is 12.5. The molecule has 0 radical (unpaired) electrons. The number of aromatic amines is 1. The first-order valence-electron chi connectivity index (χ1n) is 8.66. The Balaban J connectivity index is 1.52. The number of nitrogens with zero attached hydrogens (tertiary/aromatic N) is 4. The summed E-state index contributed by atoms with van der Waals surface area (Å²) in [6.45, 7) is 4.73. The van der Waals surface area contributed by atoms with Crippen molar-refractivity contribution in [3.05, 3.63) is 29.3 Å². The molecule has 1 heterocycles. The zero-order valence-electron chi connectivity index (χ0n) is 15.0. The van der Waals surface area contributed by atoms with Crippen LogP contribution in [0.15, 0.2) is 18.2 Å². The van der Waals surface area contributed by atoms with Crippen LogP contribution in [0, 0.1) is 13.8 Å². The van der Waals surface area contributed by atoms with E-state index in [0.29, 0.717) is 12.6 Å². The number of tetrazole rings is 1. The topological polar surface area (TPSA) is 116 Å². The number of H-pyrrole nitrogens is 1. The molecular weight excluding hydrogens is 334 g/mol. The summed E-state index contributed by atoms with van der Waals surface area (Å²) in [7, 11) is 0. The summed E-state index contributed by atoms with van der Waals surface area (Å²) in [5.41, 5.74) is 2.94. The number of para-hydroxylation sites is 1. The van der Waals surface area contributed by atoms with Gasteiger partial charge in [-0.25, -0.2) is 0 Å². The number of aromatic nitrogens is 4. The lowest BCUT2D eigenvalue weighted by molar-refractivity contribution is -0.119. The molecule has 3 N–H and O–H groups in total. The second-order valence-corrected chi connectivity index (χ2v) is 6.55. The molecule has 3 rings (SSSR count). The fourth-order valence-corrected chi connectivity index (χ4v) is 2.85. The Morgan fingerprint density at radius 1 is 1.19 bits per heavy atom. The smallest absolute Gasteiger partial charge is 0.269 e. The van der Waals surface area contributed by atoms with Gasteiger partial charge in [-0.15, -0.1) is 5.10 Å². The highest BCUT2D eigenvalue weighted by molar-refractivity contribution is 5.94. The predicted molar refractivity (Wildman–Crippen MR) is 96.6 cm³/mol. The zero-order chi connectivity index (χ0) is 18.5. The Bertz CT molecular complexity index is 751. The van der Waals surface area contributed by atoms with Crippen molar-refractivity contribution in [1.82, 2.24) is 25.5 Å². The summed E-state index contributed by atoms with van der Waals surface area (Å²) in [5.74, 6) is -0.110. The average Bonchev–Trinajstić information content (AvgIpc) is 3.32. The molecule has 0 atom stereocenters. The fourth-order valence-electron chi connectivity index (χ4n) is 2.85. The third-order valence-corrected chi connectivity index (χ3v) is 4.38. The molecule has 0 aliphatic heterocycles. The van der Waals surface area contributed by atoms with Crippen molar-refractivity contribution >= 4 is 23.5 Å². The van der Waals surface area contributed by atoms with Crippen LogP contribution in [0.5, 0.6) is 0 Å². The Morgan fingerprint density at radius 2 is 1.92 bits per heavy atom. The molecule has 1 aliphatic rings. The van der Waals surface area contributed by atoms with Gasteiger partial charge in [-0.1, -0.05) is 23.3 Å². The van der Waals surface area contributed by atoms with E-state index in [2.05, 4.69) is 36.2 Å². The van der Waals surface area contributed by atoms with Gasteiger partial charge in [0.15, 0.2) is 0 Å². The van der Waals surface area contributed by atoms with Crippen LogP contribution in [0.25, 0.3) is 0 Å². The highest BCUT2D eigenvalue weighted by Gasteiger charge is 2.30. The van der Waals surface area contributed by atoms with Crippen LogP contribution in [0.1, 0.15) is 30.4 Å². The molecule has 0 saturated heterocycles. The molecule has 9 heteroatoms. The zero-order valence-corrected chi connectivity index (χ0v) is 15.0. The normalized spacial score (nSPS) is 13.7. The quantitative estimate of drug-likeness (QED) is 0.655. The molecule has 1 aliphatic carbocycles. The Labute approximate surface area is 151 Å². The van der Waals surface area contributed by atoms with E-state index in [4.69, 9.17) is 0 Å². The highest BCUT2D eigenvalue weighted by atomic mass is 16.2. The van der Waals surface area contributed by atoms with Crippen molar-refractivity contribution in [2.45, 2.75) is 39.2 Å². The standard InChI is InChI=1S/C17H23N7O2/c1-11-4-3-5-12(2)16(11)18-15(26)10-24(13-6-7-13)9-8-14(25)19-17-20-22-23-21-17/h3-5,13H,6-10H2,1-2H3,(H,18,26)(H2,19,20,21,22,23,25). The summed E-state index contributed by atoms with van der Waals surface area (Å²) in [5, 5.41) is 18.6. The Morgan fingerprint density at radius 3 is 2.54 bits per heavy atom. The second-order valence-electron chi connectivity index (χ2n) is 6.55. The minimum absolute atomic E-state index is 0.0622. The van der Waals surface area contributed by atoms with Crippen molar-refractivity contribution in [1.29, 1.82) is 0 Å². The summed E-state index contributed by atoms with van der Waals surface area (Å²) in [4.78, 5) is 26.5. The lowest BCUT2D eigenvalue weighted by atomic mass is 10.1. The van der Waals surface area contributed by atoms with Crippen molar-refractivity contribution < 1.29 is 9.59 Å². The Kier molecular flexibility index (Phi) is 5.57. The number of rotatable bonds is 8. The van der Waals surface area contributed by atoms with Crippen molar-refractivity contribution in [3.8, 4) is 0 Å². The van der Waals surface area contributed by atoms with Gasteiger partial charge < -0.3 is 5.32 Å². The number of benzene rings is 1. The summed E-state index contributed by atoms with van der Waals surface area (Å²) in [6.07, 6.45) is 2.38. The third kappa shape index (κ3) is 4.85. The largest absolute Gasteiger partial charge is 0.324 e. The minimum atomic E-state index is -0.202. The summed E-state index contributed by atoms with van der Waals surface area (Å²) < 4.78 is 0. The molecule has 0 spiro atoms. The van der Waals surface area contributed by atoms with Gasteiger partial charge in [0.25, 0.3) is 5.95 Å². The van der Waals surface area contributed by atoms with Gasteiger partial charge in [0.1, 0.15) is 0 Å². The number of nitrogens with one attached hydrogen (secondary N) is 3. The van der Waals surface area contributed by atoms with E-state index in [1.165, 1.54) is 0 Å². The van der Waals surface area contributed by atoms with Gasteiger partial charge in [-0.2, -0.15) is 5.21 Å². The van der Waals surface area contributed by atoms with Crippen molar-refractivity contribution in [3.63, 3.8) is 0 Å². The van der Waals surface area contributed by atoms with Crippen LogP contribution in [0.3, 0.4) is 0 Å². The number of aryl methyl sites for hydroxylation is 2. The molecule has 2 aromatic rings. The lowest BCUT2D eigenvalue weighted by Crippen LogP contribution is -2.37. The molecule has 1 aromatic heterocycles. The lowest BCUT2D eigenvalue weighted by Gasteiger charge is -2.21. The number of amides is 2. The SMILES string of the molecule is Cc1cccc(C)c1NC(=O)CN(CCC(=O)Nc1nn[nH]n1)C1CC1. The number of carbonyl (C=O) groups is 2. The Hall–Kier alpha value is -2.81. The molecule has 9 nitrogen and oxygen atoms in total. The van der Waals surface area contributed by atoms with Crippen LogP contribution in [-0.4, -0.2) is 56.5 Å². The maximum atomic E-state index is 12.5. The highest BCUT2D eigenvalue weighted by Crippen LogP contribution is 2.27. The van der Waals surface area contributed by atoms with Gasteiger partial charge in [-0.3, -0.25) is 19.8 Å². The van der Waals surface area contributed by atoms with E-state index in [-0.39, 0.29) is 30.7 Å². The molecule has 1 saturated carbocycles. The van der Waals surface area contributed by atoms with Crippen LogP contribution in [0.2, 0.25) is 0 Å². The van der Waals surface area contributed by atoms with Gasteiger partial charge in [0.05, 0.1) is 6.54 Å². The number of hydrogen-bond donors (Lipinski definition) is 3. The van der Waals surface area contributed by atoms with E-state index in [9.17, 15) is 9.59 Å². The molecule has 0 unspecified atom stereocenters. The van der Waals surface area contributed by atoms with Gasteiger partial charge in [0.2, 0.25) is 11.8 Å². The molecule has 1 aromatic carbocycles. The van der Waals surface area contributed by atoms with Crippen molar-refractivity contribution in [2.75, 3.05) is 23.7 Å². The minimum Gasteiger partial charge on any atom is -0.324 e. The molecular formula is C17H23N7O2. The molecule has 26 heavy (non-hydrogen) atoms.